The van der Waals surface area contributed by atoms with Gasteiger partial charge in [-0.05, 0) is 36.8 Å². The number of methoxy groups -OCH3 is 1. The van der Waals surface area contributed by atoms with Crippen LogP contribution < -0.4 is 4.74 Å². The Balaban J connectivity index is 1.82. The van der Waals surface area contributed by atoms with Crippen LogP contribution >= 0.6 is 0 Å². The van der Waals surface area contributed by atoms with E-state index >= 15 is 0 Å². The number of Topliss-reactive ketones (excluding diaryl/α,β-unsaturated/α-hetero) is 1. The number of amides is 1. The molecule has 38 heavy (non-hydrogen) atoms. The minimum Gasteiger partial charge on any atom is -0.507 e. The Morgan fingerprint density at radius 2 is 1.50 bits per heavy atom. The quantitative estimate of drug-likeness (QED) is 0.0677. The van der Waals surface area contributed by atoms with E-state index in [1.54, 1.807) is 42.5 Å². The summed E-state index contributed by atoms with van der Waals surface area (Å²) in [6, 6.07) is 11.5. The highest BCUT2D eigenvalue weighted by Crippen LogP contribution is 2.42. The van der Waals surface area contributed by atoms with Gasteiger partial charge in [-0.15, -0.1) is 0 Å². The number of ketones is 1. The first-order chi connectivity index (χ1) is 18.4. The van der Waals surface area contributed by atoms with E-state index in [2.05, 4.69) is 6.92 Å². The number of aliphatic hydroxyl groups excluding tert-OH is 1. The molecule has 0 bridgehead atoms. The second-order valence-electron chi connectivity index (χ2n) is 9.72. The summed E-state index contributed by atoms with van der Waals surface area (Å²) in [5, 5.41) is 23.0. The highest BCUT2D eigenvalue weighted by Gasteiger charge is 2.47. The molecule has 0 aromatic heterocycles. The van der Waals surface area contributed by atoms with Crippen LogP contribution in [0.3, 0.4) is 0 Å². The zero-order valence-electron chi connectivity index (χ0n) is 22.4. The van der Waals surface area contributed by atoms with Gasteiger partial charge in [-0.25, -0.2) is 0 Å². The van der Waals surface area contributed by atoms with Crippen LogP contribution in [0.1, 0.15) is 88.3 Å². The average molecular weight is 523 g/mol. The summed E-state index contributed by atoms with van der Waals surface area (Å²) >= 11 is 0. The van der Waals surface area contributed by atoms with E-state index < -0.39 is 22.7 Å². The van der Waals surface area contributed by atoms with Crippen LogP contribution in [0.25, 0.3) is 5.76 Å². The lowest BCUT2D eigenvalue weighted by Crippen LogP contribution is -2.31. The molecule has 1 saturated heterocycles. The number of nitro benzene ring substituents is 1. The molecule has 0 radical (unpaired) electrons. The lowest BCUT2D eigenvalue weighted by atomic mass is 9.94. The minimum atomic E-state index is -1.04. The van der Waals surface area contributed by atoms with Crippen molar-refractivity contribution in [1.82, 2.24) is 4.90 Å². The van der Waals surface area contributed by atoms with Gasteiger partial charge in [-0.2, -0.15) is 0 Å². The number of hydrogen-bond acceptors (Lipinski definition) is 6. The van der Waals surface area contributed by atoms with Gasteiger partial charge in [0.2, 0.25) is 0 Å². The molecule has 0 spiro atoms. The normalized spacial score (nSPS) is 16.7. The molecule has 3 rings (SSSR count). The summed E-state index contributed by atoms with van der Waals surface area (Å²) < 4.78 is 5.16. The van der Waals surface area contributed by atoms with E-state index in [4.69, 9.17) is 4.74 Å². The molecule has 1 atom stereocenters. The zero-order valence-corrected chi connectivity index (χ0v) is 22.4. The predicted octanol–water partition coefficient (Wildman–Crippen LogP) is 6.95. The van der Waals surface area contributed by atoms with E-state index in [1.807, 2.05) is 0 Å². The summed E-state index contributed by atoms with van der Waals surface area (Å²) in [5.41, 5.74) is 0.194. The summed E-state index contributed by atoms with van der Waals surface area (Å²) in [5.74, 6) is -1.38. The molecular formula is C30H38N2O6. The Morgan fingerprint density at radius 1 is 0.921 bits per heavy atom. The van der Waals surface area contributed by atoms with E-state index in [-0.39, 0.29) is 29.1 Å². The molecule has 1 aliphatic rings. The number of rotatable bonds is 15. The van der Waals surface area contributed by atoms with Crippen molar-refractivity contribution in [2.24, 2.45) is 0 Å². The Morgan fingerprint density at radius 3 is 2.08 bits per heavy atom. The third-order valence-electron chi connectivity index (χ3n) is 7.08. The van der Waals surface area contributed by atoms with Crippen LogP contribution in [0.2, 0.25) is 0 Å². The average Bonchev–Trinajstić information content (AvgIpc) is 3.18. The minimum absolute atomic E-state index is 0.137. The van der Waals surface area contributed by atoms with Crippen molar-refractivity contribution in [3.05, 3.63) is 75.3 Å². The molecule has 0 aliphatic carbocycles. The molecule has 1 fully saturated rings. The number of likely N-dealkylation sites (tertiary alicyclic amines) is 1. The Kier molecular flexibility index (Phi) is 10.9. The topological polar surface area (TPSA) is 110 Å². The highest BCUT2D eigenvalue weighted by molar-refractivity contribution is 6.46. The third-order valence-corrected chi connectivity index (χ3v) is 7.08. The predicted molar refractivity (Wildman–Crippen MR) is 147 cm³/mol. The molecule has 2 aromatic rings. The molecule has 2 aromatic carbocycles. The van der Waals surface area contributed by atoms with Gasteiger partial charge in [0.15, 0.2) is 0 Å². The van der Waals surface area contributed by atoms with Crippen molar-refractivity contribution in [2.75, 3.05) is 13.7 Å². The molecule has 8 nitrogen and oxygen atoms in total. The van der Waals surface area contributed by atoms with Crippen molar-refractivity contribution in [1.29, 1.82) is 0 Å². The van der Waals surface area contributed by atoms with Crippen LogP contribution in [0.4, 0.5) is 5.69 Å². The van der Waals surface area contributed by atoms with Gasteiger partial charge in [-0.1, -0.05) is 76.8 Å². The summed E-state index contributed by atoms with van der Waals surface area (Å²) in [6.45, 7) is 2.48. The Labute approximate surface area is 224 Å². The summed E-state index contributed by atoms with van der Waals surface area (Å²) in [4.78, 5) is 39.0. The molecule has 8 heteroatoms. The standard InChI is InChI=1S/C30H38N2O6/c1-3-4-5-6-7-8-9-10-11-14-21-31-27(24-15-12-13-16-25(24)32(36)37)26(29(34)30(31)35)28(33)22-17-19-23(38-2)20-18-22/h12-13,15-20,27,33H,3-11,14,21H2,1-2H3/t27-/m1/s1. The van der Waals surface area contributed by atoms with Gasteiger partial charge < -0.3 is 14.7 Å². The first-order valence-electron chi connectivity index (χ1n) is 13.6. The maximum atomic E-state index is 13.2. The molecule has 1 amide bonds. The number of benzene rings is 2. The van der Waals surface area contributed by atoms with Crippen LogP contribution in [0.15, 0.2) is 54.1 Å². The van der Waals surface area contributed by atoms with Crippen molar-refractivity contribution in [3.63, 3.8) is 0 Å². The zero-order chi connectivity index (χ0) is 27.5. The van der Waals surface area contributed by atoms with Crippen molar-refractivity contribution in [2.45, 2.75) is 77.2 Å². The number of unbranched alkanes of at least 4 members (excludes halogenated alkanes) is 9. The Bertz CT molecular complexity index is 1140. The number of ether oxygens (including phenoxy) is 1. The van der Waals surface area contributed by atoms with Crippen LogP contribution in [0, 0.1) is 10.1 Å². The smallest absolute Gasteiger partial charge is 0.295 e. The second kappa shape index (κ2) is 14.3. The fourth-order valence-electron chi connectivity index (χ4n) is 4.99. The van der Waals surface area contributed by atoms with Gasteiger partial charge in [-0.3, -0.25) is 19.7 Å². The number of hydrogen-bond donors (Lipinski definition) is 1. The molecular weight excluding hydrogens is 484 g/mol. The van der Waals surface area contributed by atoms with Crippen molar-refractivity contribution < 1.29 is 24.4 Å². The van der Waals surface area contributed by atoms with Crippen LogP contribution in [0.5, 0.6) is 5.75 Å². The van der Waals surface area contributed by atoms with Gasteiger partial charge in [0.05, 0.1) is 29.2 Å². The summed E-state index contributed by atoms with van der Waals surface area (Å²) in [6.07, 6.45) is 11.2. The van der Waals surface area contributed by atoms with E-state index in [0.29, 0.717) is 17.7 Å². The summed E-state index contributed by atoms with van der Waals surface area (Å²) in [7, 11) is 1.52. The lowest BCUT2D eigenvalue weighted by Gasteiger charge is -2.25. The monoisotopic (exact) mass is 522 g/mol. The van der Waals surface area contributed by atoms with Gasteiger partial charge in [0.25, 0.3) is 17.4 Å². The van der Waals surface area contributed by atoms with Crippen LogP contribution in [-0.4, -0.2) is 40.3 Å². The molecule has 0 unspecified atom stereocenters. The third kappa shape index (κ3) is 7.00. The molecule has 0 saturated carbocycles. The number of aliphatic hydroxyl groups is 1. The number of carbonyl (C=O) groups excluding carboxylic acids is 2. The number of nitro groups is 1. The van der Waals surface area contributed by atoms with Crippen molar-refractivity contribution >= 4 is 23.1 Å². The van der Waals surface area contributed by atoms with Gasteiger partial charge >= 0.3 is 0 Å². The fourth-order valence-corrected chi connectivity index (χ4v) is 4.99. The van der Waals surface area contributed by atoms with Gasteiger partial charge in [0, 0.05) is 18.2 Å². The highest BCUT2D eigenvalue weighted by atomic mass is 16.6. The Hall–Kier alpha value is -3.68. The molecule has 1 N–H and O–H groups in total. The first kappa shape index (κ1) is 28.9. The van der Waals surface area contributed by atoms with E-state index in [1.165, 1.54) is 56.6 Å². The fraction of sp³-hybridized carbons (Fsp3) is 0.467. The van der Waals surface area contributed by atoms with Crippen LogP contribution in [-0.2, 0) is 9.59 Å². The van der Waals surface area contributed by atoms with E-state index in [0.717, 1.165) is 19.3 Å². The lowest BCUT2D eigenvalue weighted by molar-refractivity contribution is -0.385. The molecule has 1 aliphatic heterocycles. The maximum absolute atomic E-state index is 13.2. The largest absolute Gasteiger partial charge is 0.507 e. The molecule has 204 valence electrons. The second-order valence-corrected chi connectivity index (χ2v) is 9.72. The number of carbonyl (C=O) groups is 2. The van der Waals surface area contributed by atoms with Gasteiger partial charge in [0.1, 0.15) is 11.5 Å². The first-order valence-corrected chi connectivity index (χ1v) is 13.6. The maximum Gasteiger partial charge on any atom is 0.295 e. The SMILES string of the molecule is CCCCCCCCCCCCN1C(=O)C(=O)C(=C(O)c2ccc(OC)cc2)[C@H]1c1ccccc1[N+](=O)[O-]. The van der Waals surface area contributed by atoms with Crippen molar-refractivity contribution in [3.8, 4) is 5.75 Å². The van der Waals surface area contributed by atoms with E-state index in [9.17, 15) is 24.8 Å². The molecule has 1 heterocycles. The number of para-hydroxylation sites is 1. The number of nitrogens with zero attached hydrogens (tertiary/aromatic N) is 2.